The van der Waals surface area contributed by atoms with Crippen LogP contribution in [0.2, 0.25) is 0 Å². The van der Waals surface area contributed by atoms with Gasteiger partial charge in [-0.1, -0.05) is 48.5 Å². The van der Waals surface area contributed by atoms with Gasteiger partial charge in [-0.15, -0.1) is 10.2 Å². The summed E-state index contributed by atoms with van der Waals surface area (Å²) in [7, 11) is 0. The highest BCUT2D eigenvalue weighted by molar-refractivity contribution is 6.15. The zero-order chi connectivity index (χ0) is 18.6. The van der Waals surface area contributed by atoms with Crippen molar-refractivity contribution < 1.29 is 9.59 Å². The van der Waals surface area contributed by atoms with Gasteiger partial charge in [-0.2, -0.15) is 0 Å². The van der Waals surface area contributed by atoms with Crippen LogP contribution in [0.3, 0.4) is 0 Å². The third-order valence-electron chi connectivity index (χ3n) is 4.10. The number of nitrogens with one attached hydrogen (secondary N) is 2. The summed E-state index contributed by atoms with van der Waals surface area (Å²) in [5.41, 5.74) is 3.92. The minimum atomic E-state index is -0.386. The fraction of sp³-hybridized carbons (Fsp3) is 0. The Kier molecular flexibility index (Phi) is 4.32. The van der Waals surface area contributed by atoms with Gasteiger partial charge in [0.25, 0.3) is 11.8 Å². The van der Waals surface area contributed by atoms with Crippen molar-refractivity contribution in [3.8, 4) is 0 Å². The lowest BCUT2D eigenvalue weighted by Crippen LogP contribution is -2.23. The number of hydrogen-bond donors (Lipinski definition) is 2. The van der Waals surface area contributed by atoms with Crippen molar-refractivity contribution in [3.05, 3.63) is 90.5 Å². The summed E-state index contributed by atoms with van der Waals surface area (Å²) < 4.78 is 1.34. The van der Waals surface area contributed by atoms with Crippen LogP contribution in [-0.4, -0.2) is 26.7 Å². The molecular formula is C20H15N5O2. The van der Waals surface area contributed by atoms with E-state index in [4.69, 9.17) is 0 Å². The van der Waals surface area contributed by atoms with Crippen LogP contribution in [0.5, 0.6) is 0 Å². The molecule has 1 aromatic heterocycles. The lowest BCUT2D eigenvalue weighted by atomic mass is 10.0. The molecule has 2 N–H and O–H groups in total. The van der Waals surface area contributed by atoms with Crippen LogP contribution in [0.1, 0.15) is 20.7 Å². The number of carbonyl (C=O) groups is 2. The van der Waals surface area contributed by atoms with E-state index in [-0.39, 0.29) is 11.8 Å². The molecule has 0 aliphatic rings. The first kappa shape index (κ1) is 16.5. The van der Waals surface area contributed by atoms with Crippen LogP contribution < -0.4 is 10.7 Å². The molecule has 0 bridgehead atoms. The molecule has 7 nitrogen and oxygen atoms in total. The van der Waals surface area contributed by atoms with Gasteiger partial charge < -0.3 is 5.32 Å². The van der Waals surface area contributed by atoms with E-state index in [2.05, 4.69) is 20.9 Å². The molecule has 4 aromatic rings. The Morgan fingerprint density at radius 2 is 1.41 bits per heavy atom. The Morgan fingerprint density at radius 3 is 2.26 bits per heavy atom. The maximum atomic E-state index is 12.9. The molecule has 0 radical (unpaired) electrons. The molecule has 1 heterocycles. The number of nitrogens with zero attached hydrogens (tertiary/aromatic N) is 3. The predicted molar refractivity (Wildman–Crippen MR) is 102 cm³/mol. The second-order valence-electron chi connectivity index (χ2n) is 5.84. The second kappa shape index (κ2) is 7.09. The molecule has 4 rings (SSSR count). The van der Waals surface area contributed by atoms with Crippen LogP contribution in [0.25, 0.3) is 10.8 Å². The summed E-state index contributed by atoms with van der Waals surface area (Å²) in [4.78, 5) is 25.4. The summed E-state index contributed by atoms with van der Waals surface area (Å²) in [6.45, 7) is 0. The van der Waals surface area contributed by atoms with Crippen LogP contribution in [0.15, 0.2) is 79.4 Å². The molecule has 0 saturated carbocycles. The average Bonchev–Trinajstić information content (AvgIpc) is 3.21. The smallest absolute Gasteiger partial charge is 0.272 e. The molecular weight excluding hydrogens is 342 g/mol. The van der Waals surface area contributed by atoms with Crippen LogP contribution in [-0.2, 0) is 0 Å². The molecule has 132 valence electrons. The Labute approximate surface area is 154 Å². The summed E-state index contributed by atoms with van der Waals surface area (Å²) in [6, 6.07) is 20.0. The minimum Gasteiger partial charge on any atom is -0.321 e. The van der Waals surface area contributed by atoms with Crippen molar-refractivity contribution in [3.63, 3.8) is 0 Å². The number of para-hydroxylation sites is 1. The molecule has 0 spiro atoms. The van der Waals surface area contributed by atoms with E-state index in [1.807, 2.05) is 36.4 Å². The molecule has 27 heavy (non-hydrogen) atoms. The normalized spacial score (nSPS) is 10.5. The fourth-order valence-electron chi connectivity index (χ4n) is 2.84. The topological polar surface area (TPSA) is 88.9 Å². The van der Waals surface area contributed by atoms with E-state index in [1.54, 1.807) is 30.3 Å². The Balaban J connectivity index is 1.63. The van der Waals surface area contributed by atoms with E-state index >= 15 is 0 Å². The average molecular weight is 357 g/mol. The third-order valence-corrected chi connectivity index (χ3v) is 4.10. The zero-order valence-corrected chi connectivity index (χ0v) is 14.2. The third kappa shape index (κ3) is 3.38. The first-order valence-corrected chi connectivity index (χ1v) is 8.26. The largest absolute Gasteiger partial charge is 0.321 e. The molecule has 0 atom stereocenters. The number of rotatable bonds is 4. The van der Waals surface area contributed by atoms with Gasteiger partial charge in [-0.05, 0) is 29.0 Å². The van der Waals surface area contributed by atoms with Gasteiger partial charge in [-0.25, -0.2) is 4.68 Å². The highest BCUT2D eigenvalue weighted by Crippen LogP contribution is 2.21. The SMILES string of the molecule is O=C(Nn1cnnc1)c1ccccc1NC(=O)c1cccc2ccccc12. The molecule has 0 aliphatic heterocycles. The van der Waals surface area contributed by atoms with Gasteiger partial charge in [-0.3, -0.25) is 15.0 Å². The molecule has 0 fully saturated rings. The summed E-state index contributed by atoms with van der Waals surface area (Å²) in [5.74, 6) is -0.667. The first-order chi connectivity index (χ1) is 13.2. The number of amides is 2. The summed E-state index contributed by atoms with van der Waals surface area (Å²) in [6.07, 6.45) is 2.74. The molecule has 7 heteroatoms. The molecule has 0 saturated heterocycles. The van der Waals surface area contributed by atoms with Crippen molar-refractivity contribution in [1.29, 1.82) is 0 Å². The maximum Gasteiger partial charge on any atom is 0.272 e. The second-order valence-corrected chi connectivity index (χ2v) is 5.84. The fourth-order valence-corrected chi connectivity index (χ4v) is 2.84. The van der Waals surface area contributed by atoms with E-state index in [1.165, 1.54) is 17.3 Å². The summed E-state index contributed by atoms with van der Waals surface area (Å²) in [5, 5.41) is 11.9. The lowest BCUT2D eigenvalue weighted by Gasteiger charge is -2.12. The van der Waals surface area contributed by atoms with E-state index in [0.29, 0.717) is 16.8 Å². The van der Waals surface area contributed by atoms with Gasteiger partial charge >= 0.3 is 0 Å². The highest BCUT2D eigenvalue weighted by Gasteiger charge is 2.15. The van der Waals surface area contributed by atoms with Crippen molar-refractivity contribution in [1.82, 2.24) is 14.9 Å². The number of carbonyl (C=O) groups excluding carboxylic acids is 2. The van der Waals surface area contributed by atoms with Gasteiger partial charge in [0, 0.05) is 5.56 Å². The van der Waals surface area contributed by atoms with E-state index in [0.717, 1.165) is 10.8 Å². The summed E-state index contributed by atoms with van der Waals surface area (Å²) >= 11 is 0. The van der Waals surface area contributed by atoms with Crippen molar-refractivity contribution in [2.75, 3.05) is 10.7 Å². The Morgan fingerprint density at radius 1 is 0.741 bits per heavy atom. The van der Waals surface area contributed by atoms with Crippen molar-refractivity contribution >= 4 is 28.3 Å². The standard InChI is InChI=1S/C20H15N5O2/c26-19(16-10-5-7-14-6-1-2-8-15(14)16)23-18-11-4-3-9-17(18)20(27)24-25-12-21-22-13-25/h1-13H,(H,23,26)(H,24,27). The molecule has 0 unspecified atom stereocenters. The van der Waals surface area contributed by atoms with Gasteiger partial charge in [0.05, 0.1) is 11.3 Å². The number of hydrogen-bond acceptors (Lipinski definition) is 4. The number of fused-ring (bicyclic) bond motifs is 1. The monoisotopic (exact) mass is 357 g/mol. The van der Waals surface area contributed by atoms with E-state index in [9.17, 15) is 9.59 Å². The lowest BCUT2D eigenvalue weighted by molar-refractivity contribution is 0.101. The van der Waals surface area contributed by atoms with Crippen LogP contribution in [0.4, 0.5) is 5.69 Å². The van der Waals surface area contributed by atoms with Crippen LogP contribution in [0, 0.1) is 0 Å². The van der Waals surface area contributed by atoms with Gasteiger partial charge in [0.1, 0.15) is 12.7 Å². The Bertz CT molecular complexity index is 1120. The van der Waals surface area contributed by atoms with Crippen LogP contribution >= 0.6 is 0 Å². The van der Waals surface area contributed by atoms with Gasteiger partial charge in [0.15, 0.2) is 0 Å². The maximum absolute atomic E-state index is 12.9. The van der Waals surface area contributed by atoms with Crippen molar-refractivity contribution in [2.24, 2.45) is 0 Å². The number of benzene rings is 3. The number of anilines is 1. The zero-order valence-electron chi connectivity index (χ0n) is 14.2. The van der Waals surface area contributed by atoms with Gasteiger partial charge in [0.2, 0.25) is 0 Å². The first-order valence-electron chi connectivity index (χ1n) is 8.26. The minimum absolute atomic E-state index is 0.281. The molecule has 2 amide bonds. The van der Waals surface area contributed by atoms with E-state index < -0.39 is 0 Å². The predicted octanol–water partition coefficient (Wildman–Crippen LogP) is 3.07. The highest BCUT2D eigenvalue weighted by atomic mass is 16.2. The Hall–Kier alpha value is -4.00. The van der Waals surface area contributed by atoms with Crippen molar-refractivity contribution in [2.45, 2.75) is 0 Å². The number of aromatic nitrogens is 3. The molecule has 0 aliphatic carbocycles. The molecule has 3 aromatic carbocycles. The quantitative estimate of drug-likeness (QED) is 0.587.